The molecule has 0 aliphatic rings. The van der Waals surface area contributed by atoms with Gasteiger partial charge in [0, 0.05) is 23.3 Å². The van der Waals surface area contributed by atoms with Crippen LogP contribution in [-0.4, -0.2) is 31.4 Å². The minimum absolute atomic E-state index is 0.123. The topological polar surface area (TPSA) is 59.3 Å². The molecule has 0 bridgehead atoms. The fourth-order valence-corrected chi connectivity index (χ4v) is 2.10. The molecule has 2 rings (SSSR count). The molecule has 6 heteroatoms. The Morgan fingerprint density at radius 2 is 2.33 bits per heavy atom. The molecule has 18 heavy (non-hydrogen) atoms. The Kier molecular flexibility index (Phi) is 3.65. The molecular weight excluding hydrogens is 296 g/mol. The van der Waals surface area contributed by atoms with Gasteiger partial charge in [0.15, 0.2) is 0 Å². The Bertz CT molecular complexity index is 562. The highest BCUT2D eigenvalue weighted by Gasteiger charge is 2.24. The lowest BCUT2D eigenvalue weighted by Gasteiger charge is -2.27. The van der Waals surface area contributed by atoms with E-state index >= 15 is 0 Å². The first-order valence-electron chi connectivity index (χ1n) is 5.75. The number of carbonyl (C=O) groups is 1. The van der Waals surface area contributed by atoms with Crippen molar-refractivity contribution in [3.63, 3.8) is 0 Å². The highest BCUT2D eigenvalue weighted by molar-refractivity contribution is 9.09. The number of nitrogens with zero attached hydrogens (tertiary/aromatic N) is 3. The Balaban J connectivity index is 2.29. The first-order valence-corrected chi connectivity index (χ1v) is 6.87. The third-order valence-electron chi connectivity index (χ3n) is 3.06. The molecule has 0 saturated carbocycles. The molecule has 2 heterocycles. The molecular formula is C12H15BrN4O. The normalized spacial score (nSPS) is 14.4. The molecule has 0 fully saturated rings. The number of amides is 1. The second-order valence-electron chi connectivity index (χ2n) is 4.47. The van der Waals surface area contributed by atoms with Crippen molar-refractivity contribution < 1.29 is 4.79 Å². The summed E-state index contributed by atoms with van der Waals surface area (Å²) in [6.07, 6.45) is 7.41. The van der Waals surface area contributed by atoms with Crippen LogP contribution in [0.5, 0.6) is 0 Å². The molecule has 0 spiro atoms. The lowest BCUT2D eigenvalue weighted by atomic mass is 10.0. The van der Waals surface area contributed by atoms with Gasteiger partial charge >= 0.3 is 0 Å². The van der Waals surface area contributed by atoms with Gasteiger partial charge in [0.1, 0.15) is 0 Å². The lowest BCUT2D eigenvalue weighted by Crippen LogP contribution is -2.46. The molecule has 0 aliphatic carbocycles. The second-order valence-corrected chi connectivity index (χ2v) is 5.03. The molecule has 1 N–H and O–H groups in total. The highest BCUT2D eigenvalue weighted by Crippen LogP contribution is 2.15. The molecule has 0 aliphatic heterocycles. The van der Waals surface area contributed by atoms with Gasteiger partial charge in [-0.05, 0) is 13.3 Å². The molecule has 96 valence electrons. The SMILES string of the molecule is CCC(C)(CBr)NC(=O)c1cnn2ccncc12. The molecule has 1 unspecified atom stereocenters. The van der Waals surface area contributed by atoms with Crippen molar-refractivity contribution >= 4 is 27.4 Å². The second kappa shape index (κ2) is 5.06. The van der Waals surface area contributed by atoms with Gasteiger partial charge in [-0.15, -0.1) is 0 Å². The summed E-state index contributed by atoms with van der Waals surface area (Å²) in [7, 11) is 0. The van der Waals surface area contributed by atoms with E-state index in [1.54, 1.807) is 29.3 Å². The Hall–Kier alpha value is -1.43. The van der Waals surface area contributed by atoms with Crippen LogP contribution in [0.2, 0.25) is 0 Å². The molecule has 5 nitrogen and oxygen atoms in total. The van der Waals surface area contributed by atoms with E-state index in [2.05, 4.69) is 31.3 Å². The highest BCUT2D eigenvalue weighted by atomic mass is 79.9. The van der Waals surface area contributed by atoms with Gasteiger partial charge in [0.05, 0.1) is 23.5 Å². The van der Waals surface area contributed by atoms with Gasteiger partial charge in [0.25, 0.3) is 5.91 Å². The standard InChI is InChI=1S/C12H15BrN4O/c1-3-12(2,8-13)16-11(18)9-6-15-17-5-4-14-7-10(9)17/h4-7H,3,8H2,1-2H3,(H,16,18). The monoisotopic (exact) mass is 310 g/mol. The zero-order valence-corrected chi connectivity index (χ0v) is 11.9. The average Bonchev–Trinajstić information content (AvgIpc) is 2.82. The molecule has 0 saturated heterocycles. The average molecular weight is 311 g/mol. The Morgan fingerprint density at radius 3 is 3.00 bits per heavy atom. The minimum Gasteiger partial charge on any atom is -0.346 e. The number of hydrogen-bond acceptors (Lipinski definition) is 3. The van der Waals surface area contributed by atoms with Crippen molar-refractivity contribution in [1.29, 1.82) is 0 Å². The van der Waals surface area contributed by atoms with Crippen molar-refractivity contribution in [2.24, 2.45) is 0 Å². The Morgan fingerprint density at radius 1 is 1.56 bits per heavy atom. The number of fused-ring (bicyclic) bond motifs is 1. The van der Waals surface area contributed by atoms with Gasteiger partial charge in [-0.25, -0.2) is 4.52 Å². The van der Waals surface area contributed by atoms with E-state index < -0.39 is 0 Å². The number of rotatable bonds is 4. The minimum atomic E-state index is -0.256. The molecule has 1 amide bonds. The maximum absolute atomic E-state index is 12.2. The number of hydrogen-bond donors (Lipinski definition) is 1. The molecule has 0 aromatic carbocycles. The zero-order valence-electron chi connectivity index (χ0n) is 10.4. The maximum Gasteiger partial charge on any atom is 0.255 e. The first-order chi connectivity index (χ1) is 8.59. The van der Waals surface area contributed by atoms with Crippen LogP contribution in [0.25, 0.3) is 5.52 Å². The summed E-state index contributed by atoms with van der Waals surface area (Å²) in [6.45, 7) is 4.04. The van der Waals surface area contributed by atoms with Crippen LogP contribution in [0.3, 0.4) is 0 Å². The van der Waals surface area contributed by atoms with Gasteiger partial charge in [-0.2, -0.15) is 5.10 Å². The maximum atomic E-state index is 12.2. The van der Waals surface area contributed by atoms with Gasteiger partial charge in [-0.3, -0.25) is 9.78 Å². The van der Waals surface area contributed by atoms with Crippen molar-refractivity contribution in [2.75, 3.05) is 5.33 Å². The summed E-state index contributed by atoms with van der Waals surface area (Å²) in [5.41, 5.74) is 1.000. The van der Waals surface area contributed by atoms with Crippen LogP contribution in [0, 0.1) is 0 Å². The third-order valence-corrected chi connectivity index (χ3v) is 4.30. The van der Waals surface area contributed by atoms with Crippen LogP contribution >= 0.6 is 15.9 Å². The summed E-state index contributed by atoms with van der Waals surface area (Å²) in [5.74, 6) is -0.123. The summed E-state index contributed by atoms with van der Waals surface area (Å²) < 4.78 is 1.64. The predicted molar refractivity (Wildman–Crippen MR) is 72.9 cm³/mol. The number of aromatic nitrogens is 3. The summed E-state index contributed by atoms with van der Waals surface area (Å²) in [4.78, 5) is 16.3. The van der Waals surface area contributed by atoms with Crippen LogP contribution in [0.4, 0.5) is 0 Å². The van der Waals surface area contributed by atoms with E-state index in [9.17, 15) is 4.79 Å². The largest absolute Gasteiger partial charge is 0.346 e. The summed E-state index contributed by atoms with van der Waals surface area (Å²) in [6, 6.07) is 0. The summed E-state index contributed by atoms with van der Waals surface area (Å²) in [5, 5.41) is 7.85. The molecule has 0 radical (unpaired) electrons. The third kappa shape index (κ3) is 2.38. The van der Waals surface area contributed by atoms with E-state index in [0.29, 0.717) is 16.4 Å². The number of alkyl halides is 1. The predicted octanol–water partition coefficient (Wildman–Crippen LogP) is 2.02. The van der Waals surface area contributed by atoms with E-state index in [0.717, 1.165) is 6.42 Å². The number of carbonyl (C=O) groups excluding carboxylic acids is 1. The van der Waals surface area contributed by atoms with E-state index in [1.165, 1.54) is 0 Å². The van der Waals surface area contributed by atoms with E-state index in [4.69, 9.17) is 0 Å². The van der Waals surface area contributed by atoms with E-state index in [-0.39, 0.29) is 11.4 Å². The van der Waals surface area contributed by atoms with Gasteiger partial charge in [0.2, 0.25) is 0 Å². The smallest absolute Gasteiger partial charge is 0.255 e. The van der Waals surface area contributed by atoms with Crippen molar-refractivity contribution in [3.8, 4) is 0 Å². The van der Waals surface area contributed by atoms with Crippen LogP contribution < -0.4 is 5.32 Å². The van der Waals surface area contributed by atoms with Crippen molar-refractivity contribution in [1.82, 2.24) is 19.9 Å². The molecule has 2 aromatic heterocycles. The van der Waals surface area contributed by atoms with Crippen LogP contribution in [0.15, 0.2) is 24.8 Å². The Labute approximate surface area is 114 Å². The van der Waals surface area contributed by atoms with Gasteiger partial charge in [-0.1, -0.05) is 22.9 Å². The zero-order chi connectivity index (χ0) is 13.2. The van der Waals surface area contributed by atoms with Crippen LogP contribution in [0.1, 0.15) is 30.6 Å². The first kappa shape index (κ1) is 13.0. The molecule has 1 atom stereocenters. The van der Waals surface area contributed by atoms with Crippen LogP contribution in [-0.2, 0) is 0 Å². The number of nitrogens with one attached hydrogen (secondary N) is 1. The van der Waals surface area contributed by atoms with Gasteiger partial charge < -0.3 is 5.32 Å². The lowest BCUT2D eigenvalue weighted by molar-refractivity contribution is 0.0915. The van der Waals surface area contributed by atoms with Crippen molar-refractivity contribution in [3.05, 3.63) is 30.4 Å². The fourth-order valence-electron chi connectivity index (χ4n) is 1.57. The van der Waals surface area contributed by atoms with E-state index in [1.807, 2.05) is 13.8 Å². The molecule has 2 aromatic rings. The quantitative estimate of drug-likeness (QED) is 0.879. The fraction of sp³-hybridized carbons (Fsp3) is 0.417. The summed E-state index contributed by atoms with van der Waals surface area (Å²) >= 11 is 3.43. The number of halogens is 1. The van der Waals surface area contributed by atoms with Crippen molar-refractivity contribution in [2.45, 2.75) is 25.8 Å².